The van der Waals surface area contributed by atoms with Crippen molar-refractivity contribution < 1.29 is 0 Å². The predicted molar refractivity (Wildman–Crippen MR) is 298 cm³/mol. The summed E-state index contributed by atoms with van der Waals surface area (Å²) in [6, 6.07) is 68.6. The number of fused-ring (bicyclic) bond motifs is 6. The Morgan fingerprint density at radius 2 is 0.783 bits per heavy atom. The molecule has 0 amide bonds. The van der Waals surface area contributed by atoms with Gasteiger partial charge in [0.15, 0.2) is 0 Å². The van der Waals surface area contributed by atoms with Crippen molar-refractivity contribution in [2.75, 3.05) is 4.90 Å². The Bertz CT molecular complexity index is 3060. The Morgan fingerprint density at radius 1 is 0.377 bits per heavy atom. The summed E-state index contributed by atoms with van der Waals surface area (Å²) in [5.41, 5.74) is 20.8. The number of benzene rings is 8. The van der Waals surface area contributed by atoms with Crippen LogP contribution in [0.25, 0.3) is 60.9 Å². The third-order valence-corrected chi connectivity index (χ3v) is 15.3. The highest BCUT2D eigenvalue weighted by Crippen LogP contribution is 2.55. The standard InChI is InChI=1S/C67H70N2/c1-5-7-9-11-13-19-45-67(46-20-14-12-10-8-6-2)63-47-50(4)27-43-59(63)60-44-34-54(48-64(60)67)53-32-39-57(40-33-53)68(55-35-25-49(3)26-36-55)56-37-28-51(29-38-56)52-30-41-58(42-31-52)69-65-23-17-15-21-61(65)62-22-16-18-24-66(62)69/h15-18,21-44,47-48H,5-14,19-20,45-46H2,1-4H3. The summed E-state index contributed by atoms with van der Waals surface area (Å²) in [4.78, 5) is 2.39. The molecule has 8 aromatic carbocycles. The topological polar surface area (TPSA) is 8.17 Å². The van der Waals surface area contributed by atoms with Crippen molar-refractivity contribution in [3.8, 4) is 39.1 Å². The Morgan fingerprint density at radius 3 is 1.32 bits per heavy atom. The first-order valence-electron chi connectivity index (χ1n) is 26.4. The van der Waals surface area contributed by atoms with Crippen LogP contribution in [-0.4, -0.2) is 4.57 Å². The molecule has 9 aromatic rings. The zero-order valence-electron chi connectivity index (χ0n) is 41.6. The van der Waals surface area contributed by atoms with E-state index in [-0.39, 0.29) is 5.41 Å². The van der Waals surface area contributed by atoms with E-state index in [1.165, 1.54) is 162 Å². The van der Waals surface area contributed by atoms with Crippen molar-refractivity contribution in [2.24, 2.45) is 0 Å². The zero-order valence-corrected chi connectivity index (χ0v) is 41.6. The molecule has 0 aliphatic heterocycles. The second kappa shape index (κ2) is 20.9. The van der Waals surface area contributed by atoms with Crippen LogP contribution < -0.4 is 4.90 Å². The number of hydrogen-bond donors (Lipinski definition) is 0. The highest BCUT2D eigenvalue weighted by atomic mass is 15.1. The Balaban J connectivity index is 0.942. The third-order valence-electron chi connectivity index (χ3n) is 15.3. The summed E-state index contributed by atoms with van der Waals surface area (Å²) in [6.45, 7) is 9.10. The molecule has 1 aliphatic rings. The van der Waals surface area contributed by atoms with E-state index in [1.807, 2.05) is 0 Å². The van der Waals surface area contributed by atoms with Gasteiger partial charge in [-0.25, -0.2) is 0 Å². The number of rotatable bonds is 20. The maximum absolute atomic E-state index is 2.60. The van der Waals surface area contributed by atoms with Gasteiger partial charge in [0.1, 0.15) is 0 Å². The fourth-order valence-electron chi connectivity index (χ4n) is 11.6. The molecule has 1 aromatic heterocycles. The first kappa shape index (κ1) is 46.1. The first-order chi connectivity index (χ1) is 34.0. The van der Waals surface area contributed by atoms with Gasteiger partial charge in [0.25, 0.3) is 0 Å². The Labute approximate surface area is 412 Å². The van der Waals surface area contributed by atoms with Crippen LogP contribution in [-0.2, 0) is 5.41 Å². The van der Waals surface area contributed by atoms with Gasteiger partial charge in [-0.3, -0.25) is 0 Å². The number of aromatic nitrogens is 1. The fraction of sp³-hybridized carbons (Fsp3) is 0.284. The molecule has 1 aliphatic carbocycles. The van der Waals surface area contributed by atoms with Crippen molar-refractivity contribution in [1.82, 2.24) is 4.57 Å². The van der Waals surface area contributed by atoms with Crippen molar-refractivity contribution in [3.05, 3.63) is 204 Å². The highest BCUT2D eigenvalue weighted by Gasteiger charge is 2.42. The van der Waals surface area contributed by atoms with E-state index >= 15 is 0 Å². The molecule has 1 heterocycles. The van der Waals surface area contributed by atoms with E-state index in [9.17, 15) is 0 Å². The van der Waals surface area contributed by atoms with E-state index < -0.39 is 0 Å². The largest absolute Gasteiger partial charge is 0.311 e. The van der Waals surface area contributed by atoms with E-state index in [0.717, 1.165) is 17.1 Å². The van der Waals surface area contributed by atoms with Crippen LogP contribution in [0.1, 0.15) is 126 Å². The van der Waals surface area contributed by atoms with Crippen molar-refractivity contribution in [1.29, 1.82) is 0 Å². The highest BCUT2D eigenvalue weighted by molar-refractivity contribution is 6.09. The maximum Gasteiger partial charge on any atom is 0.0541 e. The van der Waals surface area contributed by atoms with Crippen molar-refractivity contribution >= 4 is 38.9 Å². The Hall–Kier alpha value is -6.64. The molecule has 0 spiro atoms. The van der Waals surface area contributed by atoms with Crippen molar-refractivity contribution in [3.63, 3.8) is 0 Å². The van der Waals surface area contributed by atoms with Gasteiger partial charge in [0.05, 0.1) is 11.0 Å². The summed E-state index contributed by atoms with van der Waals surface area (Å²) < 4.78 is 2.38. The van der Waals surface area contributed by atoms with Crippen LogP contribution in [0.3, 0.4) is 0 Å². The molecule has 348 valence electrons. The van der Waals surface area contributed by atoms with Gasteiger partial charge >= 0.3 is 0 Å². The van der Waals surface area contributed by atoms with Crippen LogP contribution in [0, 0.1) is 13.8 Å². The second-order valence-corrected chi connectivity index (χ2v) is 20.1. The lowest BCUT2D eigenvalue weighted by Gasteiger charge is -2.33. The van der Waals surface area contributed by atoms with E-state index in [1.54, 1.807) is 11.1 Å². The molecule has 0 unspecified atom stereocenters. The zero-order chi connectivity index (χ0) is 47.2. The summed E-state index contributed by atoms with van der Waals surface area (Å²) in [7, 11) is 0. The normalized spacial score (nSPS) is 12.7. The number of anilines is 3. The maximum atomic E-state index is 2.60. The van der Waals surface area contributed by atoms with Crippen LogP contribution in [0.2, 0.25) is 0 Å². The monoisotopic (exact) mass is 903 g/mol. The van der Waals surface area contributed by atoms with Gasteiger partial charge in [-0.1, -0.05) is 217 Å². The van der Waals surface area contributed by atoms with Crippen LogP contribution in [0.15, 0.2) is 182 Å². The molecule has 0 saturated heterocycles. The van der Waals surface area contributed by atoms with Crippen molar-refractivity contribution in [2.45, 2.75) is 123 Å². The SMILES string of the molecule is CCCCCCCCC1(CCCCCCCC)c2cc(C)ccc2-c2ccc(-c3ccc(N(c4ccc(C)cc4)c4ccc(-c5ccc(-n6c7ccccc7c7ccccc76)cc5)cc4)cc3)cc21. The second-order valence-electron chi connectivity index (χ2n) is 20.1. The smallest absolute Gasteiger partial charge is 0.0541 e. The molecule has 10 rings (SSSR count). The summed E-state index contributed by atoms with van der Waals surface area (Å²) >= 11 is 0. The summed E-state index contributed by atoms with van der Waals surface area (Å²) in [6.07, 6.45) is 18.4. The molecule has 2 nitrogen and oxygen atoms in total. The summed E-state index contributed by atoms with van der Waals surface area (Å²) in [5, 5.41) is 2.56. The number of unbranched alkanes of at least 4 members (excludes halogenated alkanes) is 10. The molecule has 0 atom stereocenters. The Kier molecular flexibility index (Phi) is 14.0. The minimum absolute atomic E-state index is 0.0605. The average Bonchev–Trinajstić information content (AvgIpc) is 3.86. The van der Waals surface area contributed by atoms with Gasteiger partial charge in [0.2, 0.25) is 0 Å². The molecule has 0 bridgehead atoms. The summed E-state index contributed by atoms with van der Waals surface area (Å²) in [5.74, 6) is 0. The van der Waals surface area contributed by atoms with Gasteiger partial charge in [-0.05, 0) is 138 Å². The molecule has 2 heteroatoms. The van der Waals surface area contributed by atoms with Crippen LogP contribution in [0.5, 0.6) is 0 Å². The van der Waals surface area contributed by atoms with Gasteiger partial charge in [0, 0.05) is 38.9 Å². The predicted octanol–water partition coefficient (Wildman–Crippen LogP) is 20.0. The van der Waals surface area contributed by atoms with E-state index in [0.29, 0.717) is 0 Å². The molecular weight excluding hydrogens is 833 g/mol. The fourth-order valence-corrected chi connectivity index (χ4v) is 11.6. The minimum atomic E-state index is 0.0605. The lowest BCUT2D eigenvalue weighted by molar-refractivity contribution is 0.398. The van der Waals surface area contributed by atoms with Crippen LogP contribution in [0.4, 0.5) is 17.1 Å². The van der Waals surface area contributed by atoms with E-state index in [4.69, 9.17) is 0 Å². The first-order valence-corrected chi connectivity index (χ1v) is 26.4. The number of aryl methyl sites for hydroxylation is 2. The number of hydrogen-bond acceptors (Lipinski definition) is 1. The average molecular weight is 903 g/mol. The minimum Gasteiger partial charge on any atom is -0.311 e. The lowest BCUT2D eigenvalue weighted by Crippen LogP contribution is -2.25. The molecule has 0 radical (unpaired) electrons. The quantitative estimate of drug-likeness (QED) is 0.0692. The number of nitrogens with zero attached hydrogens (tertiary/aromatic N) is 2. The molecule has 0 fully saturated rings. The third kappa shape index (κ3) is 9.44. The van der Waals surface area contributed by atoms with Crippen LogP contribution >= 0.6 is 0 Å². The van der Waals surface area contributed by atoms with Gasteiger partial charge < -0.3 is 9.47 Å². The molecule has 0 saturated carbocycles. The van der Waals surface area contributed by atoms with Gasteiger partial charge in [-0.2, -0.15) is 0 Å². The van der Waals surface area contributed by atoms with E-state index in [2.05, 4.69) is 219 Å². The molecule has 69 heavy (non-hydrogen) atoms. The molecular formula is C67H70N2. The number of para-hydroxylation sites is 2. The molecule has 0 N–H and O–H groups in total. The van der Waals surface area contributed by atoms with Gasteiger partial charge in [-0.15, -0.1) is 0 Å². The lowest BCUT2D eigenvalue weighted by atomic mass is 9.70.